The van der Waals surface area contributed by atoms with Gasteiger partial charge in [-0.2, -0.15) is 5.26 Å². The van der Waals surface area contributed by atoms with Gasteiger partial charge >= 0.3 is 0 Å². The maximum absolute atomic E-state index is 9.39. The van der Waals surface area contributed by atoms with Gasteiger partial charge in [0.25, 0.3) is 0 Å². The summed E-state index contributed by atoms with van der Waals surface area (Å²) in [5.74, 6) is 0. The Morgan fingerprint density at radius 2 is 2.31 bits per heavy atom. The molecule has 0 aromatic heterocycles. The fourth-order valence-electron chi connectivity index (χ4n) is 1.16. The highest BCUT2D eigenvalue weighted by atomic mass is 16.5. The lowest BCUT2D eigenvalue weighted by Gasteiger charge is -2.20. The van der Waals surface area contributed by atoms with Crippen LogP contribution in [0.5, 0.6) is 0 Å². The molecule has 0 amide bonds. The van der Waals surface area contributed by atoms with Gasteiger partial charge in [0.1, 0.15) is 0 Å². The average Bonchev–Trinajstić information content (AvgIpc) is 2.48. The van der Waals surface area contributed by atoms with Gasteiger partial charge in [0.05, 0.1) is 36.8 Å². The van der Waals surface area contributed by atoms with Crippen molar-refractivity contribution in [3.63, 3.8) is 0 Å². The van der Waals surface area contributed by atoms with E-state index < -0.39 is 6.10 Å². The minimum Gasteiger partial charge on any atom is -0.389 e. The standard InChI is InChI=1S/C9H16N2O2/c1-9(2,5-10)6-11-7-3-13-4-8(7)12/h7-8,11-12H,3-4,6H2,1-2H3. The summed E-state index contributed by atoms with van der Waals surface area (Å²) < 4.78 is 5.07. The highest BCUT2D eigenvalue weighted by Crippen LogP contribution is 2.13. The van der Waals surface area contributed by atoms with E-state index in [1.54, 1.807) is 0 Å². The lowest BCUT2D eigenvalue weighted by molar-refractivity contribution is 0.121. The molecule has 0 saturated carbocycles. The third-order valence-corrected chi connectivity index (χ3v) is 2.16. The van der Waals surface area contributed by atoms with Crippen LogP contribution in [0.25, 0.3) is 0 Å². The molecule has 0 aromatic carbocycles. The zero-order chi connectivity index (χ0) is 9.90. The van der Waals surface area contributed by atoms with Crippen molar-refractivity contribution in [1.29, 1.82) is 5.26 Å². The van der Waals surface area contributed by atoms with Crippen molar-refractivity contribution in [3.8, 4) is 6.07 Å². The molecule has 2 atom stereocenters. The first-order chi connectivity index (χ1) is 6.05. The molecular formula is C9H16N2O2. The summed E-state index contributed by atoms with van der Waals surface area (Å²) in [7, 11) is 0. The maximum atomic E-state index is 9.39. The first-order valence-corrected chi connectivity index (χ1v) is 4.45. The predicted molar refractivity (Wildman–Crippen MR) is 48.0 cm³/mol. The summed E-state index contributed by atoms with van der Waals surface area (Å²) in [6.45, 7) is 5.23. The van der Waals surface area contributed by atoms with Crippen molar-refractivity contribution < 1.29 is 9.84 Å². The first kappa shape index (κ1) is 10.5. The third-order valence-electron chi connectivity index (χ3n) is 2.16. The van der Waals surface area contributed by atoms with Gasteiger partial charge in [-0.3, -0.25) is 0 Å². The van der Waals surface area contributed by atoms with Gasteiger partial charge in [-0.05, 0) is 13.8 Å². The van der Waals surface area contributed by atoms with Crippen molar-refractivity contribution in [3.05, 3.63) is 0 Å². The van der Waals surface area contributed by atoms with Crippen molar-refractivity contribution in [2.45, 2.75) is 26.0 Å². The Labute approximate surface area is 78.5 Å². The van der Waals surface area contributed by atoms with Crippen molar-refractivity contribution in [2.24, 2.45) is 5.41 Å². The Bertz CT molecular complexity index is 210. The molecule has 0 radical (unpaired) electrons. The highest BCUT2D eigenvalue weighted by Gasteiger charge is 2.27. The number of hydrogen-bond donors (Lipinski definition) is 2. The molecule has 1 saturated heterocycles. The minimum absolute atomic E-state index is 0.0207. The van der Waals surface area contributed by atoms with Crippen LogP contribution in [0.2, 0.25) is 0 Å². The highest BCUT2D eigenvalue weighted by molar-refractivity contribution is 4.95. The quantitative estimate of drug-likeness (QED) is 0.642. The van der Waals surface area contributed by atoms with Crippen LogP contribution in [-0.4, -0.2) is 37.0 Å². The van der Waals surface area contributed by atoms with E-state index in [-0.39, 0.29) is 11.5 Å². The molecule has 1 aliphatic heterocycles. The van der Waals surface area contributed by atoms with E-state index in [4.69, 9.17) is 10.00 Å². The third kappa shape index (κ3) is 2.96. The van der Waals surface area contributed by atoms with E-state index in [0.29, 0.717) is 19.8 Å². The molecular weight excluding hydrogens is 168 g/mol. The zero-order valence-corrected chi connectivity index (χ0v) is 8.08. The second-order valence-electron chi connectivity index (χ2n) is 4.09. The molecule has 4 nitrogen and oxygen atoms in total. The molecule has 2 unspecified atom stereocenters. The normalized spacial score (nSPS) is 28.8. The summed E-state index contributed by atoms with van der Waals surface area (Å²) in [6.07, 6.45) is -0.436. The SMILES string of the molecule is CC(C)(C#N)CNC1COCC1O. The van der Waals surface area contributed by atoms with E-state index in [1.807, 2.05) is 13.8 Å². The number of ether oxygens (including phenoxy) is 1. The maximum Gasteiger partial charge on any atom is 0.0948 e. The van der Waals surface area contributed by atoms with Crippen LogP contribution in [0.15, 0.2) is 0 Å². The second-order valence-corrected chi connectivity index (χ2v) is 4.09. The molecule has 0 spiro atoms. The second kappa shape index (κ2) is 4.05. The minimum atomic E-state index is -0.436. The average molecular weight is 184 g/mol. The van der Waals surface area contributed by atoms with Gasteiger partial charge in [-0.1, -0.05) is 0 Å². The largest absolute Gasteiger partial charge is 0.389 e. The number of hydrogen-bond acceptors (Lipinski definition) is 4. The summed E-state index contributed by atoms with van der Waals surface area (Å²) in [5, 5.41) is 21.3. The van der Waals surface area contributed by atoms with Crippen LogP contribution in [0.4, 0.5) is 0 Å². The molecule has 13 heavy (non-hydrogen) atoms. The van der Waals surface area contributed by atoms with Crippen molar-refractivity contribution >= 4 is 0 Å². The Kier molecular flexibility index (Phi) is 3.26. The van der Waals surface area contributed by atoms with Gasteiger partial charge in [-0.25, -0.2) is 0 Å². The fraction of sp³-hybridized carbons (Fsp3) is 0.889. The Hall–Kier alpha value is -0.630. The topological polar surface area (TPSA) is 65.3 Å². The van der Waals surface area contributed by atoms with E-state index in [9.17, 15) is 5.11 Å². The number of nitrogens with one attached hydrogen (secondary N) is 1. The molecule has 1 heterocycles. The summed E-state index contributed by atoms with van der Waals surface area (Å²) in [5.41, 5.74) is -0.387. The van der Waals surface area contributed by atoms with E-state index >= 15 is 0 Å². The van der Waals surface area contributed by atoms with Crippen LogP contribution in [0.3, 0.4) is 0 Å². The van der Waals surface area contributed by atoms with E-state index in [0.717, 1.165) is 0 Å². The van der Waals surface area contributed by atoms with Gasteiger partial charge in [0, 0.05) is 6.54 Å². The Balaban J connectivity index is 2.30. The molecule has 1 rings (SSSR count). The number of aliphatic hydroxyl groups excluding tert-OH is 1. The molecule has 0 aliphatic carbocycles. The van der Waals surface area contributed by atoms with Crippen molar-refractivity contribution in [2.75, 3.05) is 19.8 Å². The molecule has 4 heteroatoms. The van der Waals surface area contributed by atoms with Crippen LogP contribution >= 0.6 is 0 Å². The molecule has 1 fully saturated rings. The van der Waals surface area contributed by atoms with Crippen LogP contribution in [-0.2, 0) is 4.74 Å². The Morgan fingerprint density at radius 3 is 2.77 bits per heavy atom. The van der Waals surface area contributed by atoms with E-state index in [1.165, 1.54) is 0 Å². The Morgan fingerprint density at radius 1 is 1.62 bits per heavy atom. The number of rotatable bonds is 3. The van der Waals surface area contributed by atoms with E-state index in [2.05, 4.69) is 11.4 Å². The van der Waals surface area contributed by atoms with Crippen LogP contribution in [0, 0.1) is 16.7 Å². The summed E-state index contributed by atoms with van der Waals surface area (Å²) >= 11 is 0. The lowest BCUT2D eigenvalue weighted by Crippen LogP contribution is -2.43. The van der Waals surface area contributed by atoms with Crippen LogP contribution < -0.4 is 5.32 Å². The van der Waals surface area contributed by atoms with Crippen LogP contribution in [0.1, 0.15) is 13.8 Å². The molecule has 1 aliphatic rings. The van der Waals surface area contributed by atoms with Crippen molar-refractivity contribution in [1.82, 2.24) is 5.32 Å². The molecule has 74 valence electrons. The summed E-state index contributed by atoms with van der Waals surface area (Å²) in [6, 6.07) is 2.17. The predicted octanol–water partition coefficient (Wildman–Crippen LogP) is -0.115. The monoisotopic (exact) mass is 184 g/mol. The van der Waals surface area contributed by atoms with Gasteiger partial charge in [0.2, 0.25) is 0 Å². The summed E-state index contributed by atoms with van der Waals surface area (Å²) in [4.78, 5) is 0. The number of aliphatic hydroxyl groups is 1. The number of nitriles is 1. The number of nitrogens with zero attached hydrogens (tertiary/aromatic N) is 1. The smallest absolute Gasteiger partial charge is 0.0948 e. The molecule has 0 aromatic rings. The first-order valence-electron chi connectivity index (χ1n) is 4.45. The molecule has 2 N–H and O–H groups in total. The van der Waals surface area contributed by atoms with Gasteiger partial charge < -0.3 is 15.2 Å². The van der Waals surface area contributed by atoms with Gasteiger partial charge in [0.15, 0.2) is 0 Å². The zero-order valence-electron chi connectivity index (χ0n) is 8.08. The van der Waals surface area contributed by atoms with Gasteiger partial charge in [-0.15, -0.1) is 0 Å². The fourth-order valence-corrected chi connectivity index (χ4v) is 1.16. The lowest BCUT2D eigenvalue weighted by atomic mass is 9.95. The molecule has 0 bridgehead atoms.